The predicted octanol–water partition coefficient (Wildman–Crippen LogP) is 4.34. The molecule has 0 aliphatic heterocycles. The molecule has 1 atom stereocenters. The third kappa shape index (κ3) is 4.18. The van der Waals surface area contributed by atoms with Crippen LogP contribution in [-0.4, -0.2) is 19.2 Å². The lowest BCUT2D eigenvalue weighted by Crippen LogP contribution is -2.31. The average Bonchev–Trinajstić information content (AvgIpc) is 3.45. The number of nitrogens with one attached hydrogen (secondary N) is 1. The number of benzene rings is 1. The monoisotopic (exact) mass is 375 g/mol. The molecule has 130 valence electrons. The first-order valence-electron chi connectivity index (χ1n) is 8.06. The van der Waals surface area contributed by atoms with Crippen LogP contribution in [0.5, 0.6) is 0 Å². The molecule has 1 aromatic heterocycles. The standard InChI is InChI=1S/C18H18ClN3O2S/c1-3-25(23,24)22-18(12-4-5-12)15-8-14(10-21-11-15)13-6-7-17(20-2)16(19)9-13/h6-12,18,22H,3-5H2,1H3. The highest BCUT2D eigenvalue weighted by Crippen LogP contribution is 2.42. The van der Waals surface area contributed by atoms with Crippen LogP contribution < -0.4 is 4.72 Å². The Morgan fingerprint density at radius 2 is 2.08 bits per heavy atom. The number of pyridine rings is 1. The van der Waals surface area contributed by atoms with Crippen molar-refractivity contribution in [1.29, 1.82) is 0 Å². The van der Waals surface area contributed by atoms with Gasteiger partial charge in [0.1, 0.15) is 0 Å². The smallest absolute Gasteiger partial charge is 0.211 e. The van der Waals surface area contributed by atoms with Gasteiger partial charge in [-0.3, -0.25) is 4.98 Å². The van der Waals surface area contributed by atoms with Gasteiger partial charge in [0.2, 0.25) is 15.7 Å². The molecule has 5 nitrogen and oxygen atoms in total. The summed E-state index contributed by atoms with van der Waals surface area (Å²) in [6.07, 6.45) is 5.43. The minimum absolute atomic E-state index is 0.0526. The maximum atomic E-state index is 12.0. The highest BCUT2D eigenvalue weighted by molar-refractivity contribution is 7.89. The van der Waals surface area contributed by atoms with Crippen molar-refractivity contribution in [2.75, 3.05) is 5.75 Å². The first-order chi connectivity index (χ1) is 11.9. The van der Waals surface area contributed by atoms with Gasteiger partial charge in [0.15, 0.2) is 0 Å². The molecule has 1 fully saturated rings. The lowest BCUT2D eigenvalue weighted by Gasteiger charge is -2.18. The van der Waals surface area contributed by atoms with Crippen molar-refractivity contribution < 1.29 is 8.42 Å². The quantitative estimate of drug-likeness (QED) is 0.763. The van der Waals surface area contributed by atoms with Gasteiger partial charge in [-0.2, -0.15) is 0 Å². The summed E-state index contributed by atoms with van der Waals surface area (Å²) in [6.45, 7) is 8.70. The van der Waals surface area contributed by atoms with Crippen molar-refractivity contribution in [3.05, 3.63) is 58.7 Å². The maximum absolute atomic E-state index is 12.0. The van der Waals surface area contributed by atoms with Gasteiger partial charge in [0.05, 0.1) is 18.4 Å². The van der Waals surface area contributed by atoms with E-state index in [-0.39, 0.29) is 11.8 Å². The van der Waals surface area contributed by atoms with Gasteiger partial charge in [-0.15, -0.1) is 0 Å². The van der Waals surface area contributed by atoms with Crippen LogP contribution in [0.1, 0.15) is 31.4 Å². The summed E-state index contributed by atoms with van der Waals surface area (Å²) in [5.74, 6) is 0.364. The molecular formula is C18H18ClN3O2S. The molecule has 1 aliphatic carbocycles. The van der Waals surface area contributed by atoms with E-state index >= 15 is 0 Å². The number of sulfonamides is 1. The van der Waals surface area contributed by atoms with E-state index in [0.717, 1.165) is 29.5 Å². The Labute approximate surface area is 152 Å². The second-order valence-electron chi connectivity index (χ2n) is 6.12. The summed E-state index contributed by atoms with van der Waals surface area (Å²) >= 11 is 6.12. The minimum atomic E-state index is -3.30. The fraction of sp³-hybridized carbons (Fsp3) is 0.333. The lowest BCUT2D eigenvalue weighted by atomic mass is 10.0. The van der Waals surface area contributed by atoms with Crippen molar-refractivity contribution in [3.8, 4) is 11.1 Å². The first kappa shape index (κ1) is 17.9. The molecule has 1 unspecified atom stereocenters. The van der Waals surface area contributed by atoms with Gasteiger partial charge in [-0.05, 0) is 48.9 Å². The molecule has 0 amide bonds. The Balaban J connectivity index is 1.95. The van der Waals surface area contributed by atoms with E-state index < -0.39 is 10.0 Å². The van der Waals surface area contributed by atoms with E-state index in [4.69, 9.17) is 18.2 Å². The summed E-state index contributed by atoms with van der Waals surface area (Å²) in [4.78, 5) is 7.64. The fourth-order valence-electron chi connectivity index (χ4n) is 2.71. The minimum Gasteiger partial charge on any atom is -0.264 e. The van der Waals surface area contributed by atoms with Gasteiger partial charge in [-0.25, -0.2) is 18.0 Å². The van der Waals surface area contributed by atoms with Gasteiger partial charge in [-0.1, -0.05) is 23.7 Å². The Kier molecular flexibility index (Phi) is 5.09. The molecule has 0 saturated heterocycles. The summed E-state index contributed by atoms with van der Waals surface area (Å²) < 4.78 is 26.8. The average molecular weight is 376 g/mol. The largest absolute Gasteiger partial charge is 0.264 e. The normalized spacial score (nSPS) is 15.6. The van der Waals surface area contributed by atoms with Crippen molar-refractivity contribution >= 4 is 27.3 Å². The molecular weight excluding hydrogens is 358 g/mol. The van der Waals surface area contributed by atoms with Crippen molar-refractivity contribution in [2.45, 2.75) is 25.8 Å². The molecule has 1 aromatic carbocycles. The zero-order chi connectivity index (χ0) is 18.0. The topological polar surface area (TPSA) is 63.4 Å². The highest BCUT2D eigenvalue weighted by atomic mass is 35.5. The summed E-state index contributed by atoms with van der Waals surface area (Å²) in [7, 11) is -3.30. The van der Waals surface area contributed by atoms with Crippen LogP contribution in [-0.2, 0) is 10.0 Å². The molecule has 0 radical (unpaired) electrons. The van der Waals surface area contributed by atoms with E-state index in [1.807, 2.05) is 12.1 Å². The Bertz CT molecular complexity index is 934. The zero-order valence-corrected chi connectivity index (χ0v) is 15.3. The van der Waals surface area contributed by atoms with E-state index in [0.29, 0.717) is 16.6 Å². The lowest BCUT2D eigenvalue weighted by molar-refractivity contribution is 0.529. The van der Waals surface area contributed by atoms with Gasteiger partial charge >= 0.3 is 0 Å². The molecule has 1 heterocycles. The summed E-state index contributed by atoms with van der Waals surface area (Å²) in [6, 6.07) is 6.92. The number of halogens is 1. The molecule has 2 aromatic rings. The zero-order valence-electron chi connectivity index (χ0n) is 13.7. The summed E-state index contributed by atoms with van der Waals surface area (Å²) in [5.41, 5.74) is 2.94. The third-order valence-corrected chi connectivity index (χ3v) is 5.98. The molecule has 3 rings (SSSR count). The number of rotatable bonds is 6. The van der Waals surface area contributed by atoms with Crippen molar-refractivity contribution in [2.24, 2.45) is 5.92 Å². The van der Waals surface area contributed by atoms with Crippen LogP contribution >= 0.6 is 11.6 Å². The predicted molar refractivity (Wildman–Crippen MR) is 99.0 cm³/mol. The molecule has 7 heteroatoms. The fourth-order valence-corrected chi connectivity index (χ4v) is 3.81. The van der Waals surface area contributed by atoms with E-state index in [2.05, 4.69) is 14.6 Å². The van der Waals surface area contributed by atoms with Crippen LogP contribution in [0.3, 0.4) is 0 Å². The van der Waals surface area contributed by atoms with Crippen LogP contribution in [0.4, 0.5) is 5.69 Å². The molecule has 1 N–H and O–H groups in total. The van der Waals surface area contributed by atoms with Crippen LogP contribution in [0.2, 0.25) is 5.02 Å². The van der Waals surface area contributed by atoms with E-state index in [1.54, 1.807) is 31.5 Å². The number of hydrogen-bond donors (Lipinski definition) is 1. The molecule has 0 spiro atoms. The molecule has 1 aliphatic rings. The second-order valence-corrected chi connectivity index (χ2v) is 8.57. The van der Waals surface area contributed by atoms with Crippen molar-refractivity contribution in [1.82, 2.24) is 9.71 Å². The number of aromatic nitrogens is 1. The Morgan fingerprint density at radius 1 is 1.32 bits per heavy atom. The molecule has 1 saturated carbocycles. The SMILES string of the molecule is [C-]#[N+]c1ccc(-c2cncc(C(NS(=O)(=O)CC)C3CC3)c2)cc1Cl. The first-order valence-corrected chi connectivity index (χ1v) is 10.1. The maximum Gasteiger partial charge on any atom is 0.211 e. The Hall–Kier alpha value is -1.94. The second kappa shape index (κ2) is 7.12. The summed E-state index contributed by atoms with van der Waals surface area (Å²) in [5, 5.41) is 0.392. The molecule has 0 bridgehead atoms. The molecule has 25 heavy (non-hydrogen) atoms. The Morgan fingerprint density at radius 3 is 2.68 bits per heavy atom. The van der Waals surface area contributed by atoms with Gasteiger partial charge in [0.25, 0.3) is 0 Å². The third-order valence-electron chi connectivity index (χ3n) is 4.30. The highest BCUT2D eigenvalue weighted by Gasteiger charge is 2.35. The van der Waals surface area contributed by atoms with E-state index in [9.17, 15) is 8.42 Å². The van der Waals surface area contributed by atoms with E-state index in [1.165, 1.54) is 0 Å². The van der Waals surface area contributed by atoms with Crippen LogP contribution in [0, 0.1) is 12.5 Å². The van der Waals surface area contributed by atoms with Crippen molar-refractivity contribution in [3.63, 3.8) is 0 Å². The van der Waals surface area contributed by atoms with Gasteiger partial charge < -0.3 is 0 Å². The van der Waals surface area contributed by atoms with Crippen LogP contribution in [0.25, 0.3) is 16.0 Å². The number of nitrogens with zero attached hydrogens (tertiary/aromatic N) is 2. The van der Waals surface area contributed by atoms with Gasteiger partial charge in [0, 0.05) is 23.0 Å². The van der Waals surface area contributed by atoms with Crippen LogP contribution in [0.15, 0.2) is 36.7 Å². The number of hydrogen-bond acceptors (Lipinski definition) is 3.